The molecule has 2 aromatic rings. The molecule has 0 radical (unpaired) electrons. The lowest BCUT2D eigenvalue weighted by atomic mass is 10.0. The minimum Gasteiger partial charge on any atom is -0.381 e. The summed E-state index contributed by atoms with van der Waals surface area (Å²) >= 11 is 0. The van der Waals surface area contributed by atoms with Crippen molar-refractivity contribution < 1.29 is 9.42 Å². The van der Waals surface area contributed by atoms with Gasteiger partial charge in [-0.05, 0) is 62.0 Å². The maximum absolute atomic E-state index is 12.5. The molecule has 23 heavy (non-hydrogen) atoms. The molecule has 2 heterocycles. The van der Waals surface area contributed by atoms with E-state index in [1.807, 2.05) is 4.90 Å². The van der Waals surface area contributed by atoms with Gasteiger partial charge in [0.05, 0.1) is 0 Å². The Morgan fingerprint density at radius 1 is 1.26 bits per heavy atom. The Hall–Kier alpha value is -2.37. The van der Waals surface area contributed by atoms with Crippen LogP contribution in [0.4, 0.5) is 5.69 Å². The molecule has 6 nitrogen and oxygen atoms in total. The average molecular weight is 314 g/mol. The van der Waals surface area contributed by atoms with Crippen LogP contribution in [0, 0.1) is 20.8 Å². The van der Waals surface area contributed by atoms with Gasteiger partial charge in [0, 0.05) is 24.8 Å². The monoisotopic (exact) mass is 314 g/mol. The highest BCUT2D eigenvalue weighted by Crippen LogP contribution is 2.20. The summed E-state index contributed by atoms with van der Waals surface area (Å²) < 4.78 is 4.64. The van der Waals surface area contributed by atoms with Gasteiger partial charge in [0.25, 0.3) is 5.91 Å². The summed E-state index contributed by atoms with van der Waals surface area (Å²) in [7, 11) is 0. The number of aryl methyl sites for hydroxylation is 3. The van der Waals surface area contributed by atoms with E-state index in [-0.39, 0.29) is 11.9 Å². The van der Waals surface area contributed by atoms with E-state index in [2.05, 4.69) is 52.3 Å². The van der Waals surface area contributed by atoms with Crippen LogP contribution < -0.4 is 5.32 Å². The molecule has 1 aliphatic heterocycles. The molecule has 0 saturated carbocycles. The van der Waals surface area contributed by atoms with Crippen LogP contribution in [0.3, 0.4) is 0 Å². The van der Waals surface area contributed by atoms with Gasteiger partial charge in [-0.2, -0.15) is 0 Å². The molecule has 1 aliphatic rings. The van der Waals surface area contributed by atoms with Gasteiger partial charge < -0.3 is 10.2 Å². The first-order valence-electron chi connectivity index (χ1n) is 7.97. The molecule has 1 aromatic heterocycles. The molecule has 6 heteroatoms. The van der Waals surface area contributed by atoms with Crippen LogP contribution in [0.5, 0.6) is 0 Å². The highest BCUT2D eigenvalue weighted by atomic mass is 16.6. The van der Waals surface area contributed by atoms with Crippen LogP contribution in [-0.4, -0.2) is 40.3 Å². The third kappa shape index (κ3) is 3.36. The number of benzene rings is 1. The van der Waals surface area contributed by atoms with E-state index < -0.39 is 0 Å². The molecule has 122 valence electrons. The normalized spacial score (nSPS) is 18.0. The lowest BCUT2D eigenvalue weighted by molar-refractivity contribution is 0.0703. The van der Waals surface area contributed by atoms with Crippen molar-refractivity contribution in [2.75, 3.05) is 18.4 Å². The van der Waals surface area contributed by atoms with Gasteiger partial charge >= 0.3 is 0 Å². The number of nitrogens with zero attached hydrogens (tertiary/aromatic N) is 3. The summed E-state index contributed by atoms with van der Waals surface area (Å²) in [6.07, 6.45) is 2.02. The highest BCUT2D eigenvalue weighted by Gasteiger charge is 2.27. The Labute approximate surface area is 135 Å². The lowest BCUT2D eigenvalue weighted by Crippen LogP contribution is -2.45. The molecular formula is C17H22N4O2. The van der Waals surface area contributed by atoms with Gasteiger partial charge in [0.2, 0.25) is 0 Å². The fraction of sp³-hybridized carbons (Fsp3) is 0.471. The third-order valence-electron chi connectivity index (χ3n) is 4.44. The van der Waals surface area contributed by atoms with Gasteiger partial charge in [0.15, 0.2) is 5.69 Å². The Balaban J connectivity index is 1.67. The number of carbonyl (C=O) groups excluding carboxylic acids is 1. The molecule has 0 bridgehead atoms. The highest BCUT2D eigenvalue weighted by molar-refractivity contribution is 5.93. The van der Waals surface area contributed by atoms with Crippen LogP contribution in [0.15, 0.2) is 22.8 Å². The second-order valence-electron chi connectivity index (χ2n) is 6.23. The fourth-order valence-corrected chi connectivity index (χ4v) is 2.92. The van der Waals surface area contributed by atoms with Crippen molar-refractivity contribution in [1.82, 2.24) is 15.2 Å². The van der Waals surface area contributed by atoms with Crippen molar-refractivity contribution in [3.8, 4) is 0 Å². The standard InChI is InChI=1S/C17H22N4O2/c1-11-6-7-14(9-12(11)2)18-15-5-4-8-21(10-15)17(22)16-13(3)19-23-20-16/h6-7,9,15,18H,4-5,8,10H2,1-3H3. The van der Waals surface area contributed by atoms with Gasteiger partial charge in [-0.15, -0.1) is 0 Å². The molecule has 1 N–H and O–H groups in total. The van der Waals surface area contributed by atoms with Gasteiger partial charge in [0.1, 0.15) is 5.69 Å². The number of nitrogens with one attached hydrogen (secondary N) is 1. The SMILES string of the molecule is Cc1ccc(NC2CCCN(C(=O)c3nonc3C)C2)cc1C. The van der Waals surface area contributed by atoms with E-state index in [9.17, 15) is 4.79 Å². The second-order valence-corrected chi connectivity index (χ2v) is 6.23. The zero-order valence-corrected chi connectivity index (χ0v) is 13.8. The minimum absolute atomic E-state index is 0.102. The molecule has 0 spiro atoms. The van der Waals surface area contributed by atoms with Crippen molar-refractivity contribution in [3.05, 3.63) is 40.7 Å². The fourth-order valence-electron chi connectivity index (χ4n) is 2.92. The number of likely N-dealkylation sites (tertiary alicyclic amines) is 1. The first-order valence-corrected chi connectivity index (χ1v) is 7.97. The summed E-state index contributed by atoms with van der Waals surface area (Å²) in [5.74, 6) is -0.102. The first kappa shape index (κ1) is 15.5. The predicted molar refractivity (Wildman–Crippen MR) is 87.5 cm³/mol. The third-order valence-corrected chi connectivity index (χ3v) is 4.44. The first-order chi connectivity index (χ1) is 11.0. The maximum Gasteiger partial charge on any atom is 0.278 e. The van der Waals surface area contributed by atoms with E-state index in [1.165, 1.54) is 11.1 Å². The van der Waals surface area contributed by atoms with E-state index in [4.69, 9.17) is 0 Å². The Morgan fingerprint density at radius 3 is 2.78 bits per heavy atom. The zero-order valence-electron chi connectivity index (χ0n) is 13.8. The maximum atomic E-state index is 12.5. The Bertz CT molecular complexity index is 710. The number of anilines is 1. The topological polar surface area (TPSA) is 71.3 Å². The summed E-state index contributed by atoms with van der Waals surface area (Å²) in [5, 5.41) is 11.0. The van der Waals surface area contributed by atoms with Crippen molar-refractivity contribution in [2.45, 2.75) is 39.7 Å². The van der Waals surface area contributed by atoms with Crippen molar-refractivity contribution in [2.24, 2.45) is 0 Å². The summed E-state index contributed by atoms with van der Waals surface area (Å²) in [6.45, 7) is 7.36. The number of hydrogen-bond acceptors (Lipinski definition) is 5. The number of rotatable bonds is 3. The molecule has 3 rings (SSSR count). The number of aromatic nitrogens is 2. The Kier molecular flexibility index (Phi) is 4.32. The average Bonchev–Trinajstić information content (AvgIpc) is 2.96. The molecule has 1 amide bonds. The van der Waals surface area contributed by atoms with Crippen LogP contribution in [-0.2, 0) is 0 Å². The predicted octanol–water partition coefficient (Wildman–Crippen LogP) is 2.71. The smallest absolute Gasteiger partial charge is 0.278 e. The van der Waals surface area contributed by atoms with Gasteiger partial charge in [-0.3, -0.25) is 4.79 Å². The van der Waals surface area contributed by atoms with E-state index in [0.29, 0.717) is 17.9 Å². The quantitative estimate of drug-likeness (QED) is 0.943. The molecule has 0 aliphatic carbocycles. The molecule has 1 unspecified atom stereocenters. The molecule has 1 saturated heterocycles. The summed E-state index contributed by atoms with van der Waals surface area (Å²) in [5.41, 5.74) is 4.51. The number of hydrogen-bond donors (Lipinski definition) is 1. The largest absolute Gasteiger partial charge is 0.381 e. The van der Waals surface area contributed by atoms with Crippen molar-refractivity contribution >= 4 is 11.6 Å². The molecule has 1 atom stereocenters. The van der Waals surface area contributed by atoms with Gasteiger partial charge in [-0.25, -0.2) is 4.63 Å². The van der Waals surface area contributed by atoms with E-state index in [0.717, 1.165) is 25.1 Å². The van der Waals surface area contributed by atoms with Gasteiger partial charge in [-0.1, -0.05) is 11.2 Å². The number of piperidine rings is 1. The van der Waals surface area contributed by atoms with Crippen LogP contribution in [0.25, 0.3) is 0 Å². The lowest BCUT2D eigenvalue weighted by Gasteiger charge is -2.33. The van der Waals surface area contributed by atoms with Crippen LogP contribution >= 0.6 is 0 Å². The zero-order chi connectivity index (χ0) is 16.4. The van der Waals surface area contributed by atoms with E-state index in [1.54, 1.807) is 6.92 Å². The minimum atomic E-state index is -0.102. The van der Waals surface area contributed by atoms with Crippen molar-refractivity contribution in [3.63, 3.8) is 0 Å². The van der Waals surface area contributed by atoms with Crippen LogP contribution in [0.1, 0.15) is 40.2 Å². The van der Waals surface area contributed by atoms with Crippen LogP contribution in [0.2, 0.25) is 0 Å². The number of amides is 1. The molecular weight excluding hydrogens is 292 g/mol. The summed E-state index contributed by atoms with van der Waals surface area (Å²) in [4.78, 5) is 14.3. The molecule has 1 fully saturated rings. The van der Waals surface area contributed by atoms with Crippen molar-refractivity contribution in [1.29, 1.82) is 0 Å². The molecule has 1 aromatic carbocycles. The second kappa shape index (κ2) is 6.40. The summed E-state index contributed by atoms with van der Waals surface area (Å²) in [6, 6.07) is 6.61. The van der Waals surface area contributed by atoms with E-state index >= 15 is 0 Å². The Morgan fingerprint density at radius 2 is 2.09 bits per heavy atom. The number of carbonyl (C=O) groups is 1.